The summed E-state index contributed by atoms with van der Waals surface area (Å²) in [4.78, 5) is 16.4. The van der Waals surface area contributed by atoms with Gasteiger partial charge in [0.05, 0.1) is 18.5 Å². The van der Waals surface area contributed by atoms with Gasteiger partial charge < -0.3 is 9.47 Å². The molecule has 0 aromatic heterocycles. The van der Waals surface area contributed by atoms with Crippen molar-refractivity contribution in [3.05, 3.63) is 40.9 Å². The topological polar surface area (TPSA) is 38.8 Å². The molecule has 0 saturated carbocycles. The highest BCUT2D eigenvalue weighted by molar-refractivity contribution is 9.10. The fraction of sp³-hybridized carbons (Fsp3) is 0.278. The molecule has 1 aliphatic rings. The van der Waals surface area contributed by atoms with Crippen molar-refractivity contribution in [2.45, 2.75) is 36.2 Å². The second kappa shape index (κ2) is 6.33. The van der Waals surface area contributed by atoms with Crippen molar-refractivity contribution in [2.24, 2.45) is 0 Å². The average Bonchev–Trinajstić information content (AvgIpc) is 2.50. The van der Waals surface area contributed by atoms with Gasteiger partial charge in [0, 0.05) is 14.3 Å². The molecule has 4 nitrogen and oxygen atoms in total. The van der Waals surface area contributed by atoms with Gasteiger partial charge in [-0.25, -0.2) is 9.69 Å². The lowest BCUT2D eigenvalue weighted by molar-refractivity contribution is 0.0597. The Labute approximate surface area is 154 Å². The Kier molecular flexibility index (Phi) is 4.53. The molecule has 1 aliphatic heterocycles. The van der Waals surface area contributed by atoms with Crippen LogP contribution < -0.4 is 9.64 Å². The number of fused-ring (bicyclic) bond motifs is 2. The minimum absolute atomic E-state index is 0.391. The maximum atomic E-state index is 12.8. The van der Waals surface area contributed by atoms with E-state index in [-0.39, 0.29) is 0 Å². The van der Waals surface area contributed by atoms with Crippen LogP contribution in [0, 0.1) is 0 Å². The molecular weight excluding hydrogens is 390 g/mol. The number of hydrogen-bond donors (Lipinski definition) is 0. The predicted octanol–water partition coefficient (Wildman–Crippen LogP) is 6.00. The SMILES string of the molecule is COc1ccc2c(c1)Sc1cc(Br)ccc1N2C(=O)OC(C)(C)C. The summed E-state index contributed by atoms with van der Waals surface area (Å²) in [6.07, 6.45) is -0.391. The minimum Gasteiger partial charge on any atom is -0.497 e. The van der Waals surface area contributed by atoms with E-state index in [1.54, 1.807) is 23.8 Å². The maximum Gasteiger partial charge on any atom is 0.419 e. The van der Waals surface area contributed by atoms with Crippen LogP contribution in [0.5, 0.6) is 5.75 Å². The van der Waals surface area contributed by atoms with E-state index in [1.807, 2.05) is 57.2 Å². The fourth-order valence-electron chi connectivity index (χ4n) is 2.39. The number of rotatable bonds is 1. The summed E-state index contributed by atoms with van der Waals surface area (Å²) in [5.74, 6) is 0.754. The number of halogens is 1. The van der Waals surface area contributed by atoms with Crippen LogP contribution in [0.15, 0.2) is 50.7 Å². The molecule has 0 fully saturated rings. The van der Waals surface area contributed by atoms with Gasteiger partial charge in [-0.1, -0.05) is 27.7 Å². The smallest absolute Gasteiger partial charge is 0.419 e. The number of hydrogen-bond acceptors (Lipinski definition) is 4. The zero-order valence-electron chi connectivity index (χ0n) is 13.9. The molecule has 3 rings (SSSR count). The molecule has 1 amide bonds. The van der Waals surface area contributed by atoms with E-state index in [0.717, 1.165) is 31.4 Å². The van der Waals surface area contributed by atoms with Crippen molar-refractivity contribution >= 4 is 45.2 Å². The first kappa shape index (κ1) is 17.2. The summed E-state index contributed by atoms with van der Waals surface area (Å²) in [6, 6.07) is 11.5. The summed E-state index contributed by atoms with van der Waals surface area (Å²) < 4.78 is 11.9. The van der Waals surface area contributed by atoms with Crippen LogP contribution in [0.25, 0.3) is 0 Å². The van der Waals surface area contributed by atoms with Crippen molar-refractivity contribution < 1.29 is 14.3 Å². The molecular formula is C18H18BrNO3S. The molecule has 0 unspecified atom stereocenters. The molecule has 0 saturated heterocycles. The quantitative estimate of drug-likeness (QED) is 0.581. The third-order valence-electron chi connectivity index (χ3n) is 3.37. The summed E-state index contributed by atoms with van der Waals surface area (Å²) in [5.41, 5.74) is 1.05. The highest BCUT2D eigenvalue weighted by atomic mass is 79.9. The number of anilines is 2. The molecule has 24 heavy (non-hydrogen) atoms. The highest BCUT2D eigenvalue weighted by Gasteiger charge is 2.32. The van der Waals surface area contributed by atoms with Gasteiger partial charge in [-0.2, -0.15) is 0 Å². The second-order valence-corrected chi connectivity index (χ2v) is 8.36. The van der Waals surface area contributed by atoms with E-state index < -0.39 is 11.7 Å². The normalized spacial score (nSPS) is 13.1. The molecule has 2 aromatic rings. The zero-order valence-corrected chi connectivity index (χ0v) is 16.3. The Hall–Kier alpha value is -1.66. The fourth-order valence-corrected chi connectivity index (χ4v) is 4.03. The summed E-state index contributed by atoms with van der Waals surface area (Å²) in [6.45, 7) is 5.59. The van der Waals surface area contributed by atoms with E-state index in [4.69, 9.17) is 9.47 Å². The lowest BCUT2D eigenvalue weighted by atomic mass is 10.2. The predicted molar refractivity (Wildman–Crippen MR) is 99.6 cm³/mol. The van der Waals surface area contributed by atoms with Crippen LogP contribution in [-0.4, -0.2) is 18.8 Å². The van der Waals surface area contributed by atoms with Crippen molar-refractivity contribution in [1.29, 1.82) is 0 Å². The highest BCUT2D eigenvalue weighted by Crippen LogP contribution is 2.50. The van der Waals surface area contributed by atoms with Gasteiger partial charge in [-0.05, 0) is 57.2 Å². The monoisotopic (exact) mass is 407 g/mol. The Morgan fingerprint density at radius 2 is 1.71 bits per heavy atom. The zero-order chi connectivity index (χ0) is 17.5. The molecule has 0 radical (unpaired) electrons. The average molecular weight is 408 g/mol. The molecule has 1 heterocycles. The van der Waals surface area contributed by atoms with Crippen molar-refractivity contribution in [1.82, 2.24) is 0 Å². The first-order valence-corrected chi connectivity index (χ1v) is 9.08. The number of carbonyl (C=O) groups is 1. The molecule has 2 aromatic carbocycles. The summed E-state index contributed by atoms with van der Waals surface area (Å²) in [7, 11) is 1.63. The molecule has 0 bridgehead atoms. The Bertz CT molecular complexity index is 801. The van der Waals surface area contributed by atoms with Gasteiger partial charge >= 0.3 is 6.09 Å². The summed E-state index contributed by atoms with van der Waals surface area (Å²) >= 11 is 5.10. The number of ether oxygens (including phenoxy) is 2. The molecule has 0 N–H and O–H groups in total. The number of carbonyl (C=O) groups excluding carboxylic acids is 1. The molecule has 0 atom stereocenters. The van der Waals surface area contributed by atoms with Crippen molar-refractivity contribution in [2.75, 3.05) is 12.0 Å². The second-order valence-electron chi connectivity index (χ2n) is 6.36. The van der Waals surface area contributed by atoms with E-state index in [2.05, 4.69) is 15.9 Å². The van der Waals surface area contributed by atoms with E-state index in [9.17, 15) is 4.79 Å². The van der Waals surface area contributed by atoms with Gasteiger partial charge in [0.25, 0.3) is 0 Å². The number of benzene rings is 2. The van der Waals surface area contributed by atoms with E-state index >= 15 is 0 Å². The number of methoxy groups -OCH3 is 1. The van der Waals surface area contributed by atoms with Gasteiger partial charge in [0.2, 0.25) is 0 Å². The standard InChI is InChI=1S/C18H18BrNO3S/c1-18(2,3)23-17(21)20-13-7-5-11(19)9-15(13)24-16-10-12(22-4)6-8-14(16)20/h5-10H,1-4H3. The number of amides is 1. The van der Waals surface area contributed by atoms with Crippen molar-refractivity contribution in [3.63, 3.8) is 0 Å². The lowest BCUT2D eigenvalue weighted by Gasteiger charge is -2.33. The maximum absolute atomic E-state index is 12.8. The third-order valence-corrected chi connectivity index (χ3v) is 4.95. The molecule has 6 heteroatoms. The van der Waals surface area contributed by atoms with E-state index in [0.29, 0.717) is 0 Å². The van der Waals surface area contributed by atoms with Crippen LogP contribution in [0.3, 0.4) is 0 Å². The Morgan fingerprint density at radius 3 is 2.33 bits per heavy atom. The Balaban J connectivity index is 2.12. The van der Waals surface area contributed by atoms with Crippen LogP contribution >= 0.6 is 27.7 Å². The van der Waals surface area contributed by atoms with Gasteiger partial charge in [0.1, 0.15) is 11.4 Å². The van der Waals surface area contributed by atoms with Gasteiger partial charge in [0.15, 0.2) is 0 Å². The van der Waals surface area contributed by atoms with E-state index in [1.165, 1.54) is 0 Å². The number of nitrogens with zero attached hydrogens (tertiary/aromatic N) is 1. The third kappa shape index (κ3) is 3.39. The van der Waals surface area contributed by atoms with Gasteiger partial charge in [-0.15, -0.1) is 0 Å². The van der Waals surface area contributed by atoms with Crippen molar-refractivity contribution in [3.8, 4) is 5.75 Å². The largest absolute Gasteiger partial charge is 0.497 e. The first-order chi connectivity index (χ1) is 11.3. The van der Waals surface area contributed by atoms with Crippen LogP contribution in [-0.2, 0) is 4.74 Å². The van der Waals surface area contributed by atoms with Crippen LogP contribution in [0.1, 0.15) is 20.8 Å². The van der Waals surface area contributed by atoms with Crippen LogP contribution in [0.2, 0.25) is 0 Å². The lowest BCUT2D eigenvalue weighted by Crippen LogP contribution is -2.35. The van der Waals surface area contributed by atoms with Crippen LogP contribution in [0.4, 0.5) is 16.2 Å². The minimum atomic E-state index is -0.566. The molecule has 126 valence electrons. The van der Waals surface area contributed by atoms with Gasteiger partial charge in [-0.3, -0.25) is 0 Å². The first-order valence-electron chi connectivity index (χ1n) is 7.47. The molecule has 0 spiro atoms. The molecule has 0 aliphatic carbocycles. The summed E-state index contributed by atoms with van der Waals surface area (Å²) in [5, 5.41) is 0. The Morgan fingerprint density at radius 1 is 1.08 bits per heavy atom.